The number of aliphatic carboxylic acids is 1. The molecule has 0 spiro atoms. The van der Waals surface area contributed by atoms with Gasteiger partial charge in [-0.2, -0.15) is 0 Å². The van der Waals surface area contributed by atoms with E-state index < -0.39 is 5.97 Å². The maximum atomic E-state index is 11.2. The number of aliphatic hydroxyl groups excluding tert-OH is 1. The third-order valence-corrected chi connectivity index (χ3v) is 5.14. The van der Waals surface area contributed by atoms with E-state index in [0.717, 1.165) is 31.3 Å². The Hall–Kier alpha value is -0.830. The highest BCUT2D eigenvalue weighted by atomic mass is 16.4. The molecule has 0 aromatic carbocycles. The monoisotopic (exact) mass is 252 g/mol. The van der Waals surface area contributed by atoms with Gasteiger partial charge >= 0.3 is 5.97 Å². The van der Waals surface area contributed by atoms with Crippen LogP contribution in [0.5, 0.6) is 0 Å². The van der Waals surface area contributed by atoms with Crippen LogP contribution in [-0.4, -0.2) is 22.8 Å². The van der Waals surface area contributed by atoms with Gasteiger partial charge in [0.1, 0.15) is 0 Å². The van der Waals surface area contributed by atoms with Gasteiger partial charge in [0.2, 0.25) is 0 Å². The lowest BCUT2D eigenvalue weighted by Gasteiger charge is -2.45. The first-order valence-corrected chi connectivity index (χ1v) is 7.07. The van der Waals surface area contributed by atoms with Crippen molar-refractivity contribution in [2.75, 3.05) is 6.61 Å². The fourth-order valence-corrected chi connectivity index (χ4v) is 3.89. The first-order valence-electron chi connectivity index (χ1n) is 7.07. The van der Waals surface area contributed by atoms with E-state index >= 15 is 0 Å². The summed E-state index contributed by atoms with van der Waals surface area (Å²) in [4.78, 5) is 11.2. The molecule has 0 heterocycles. The Morgan fingerprint density at radius 3 is 2.78 bits per heavy atom. The number of allylic oxidation sites excluding steroid dienone is 1. The lowest BCUT2D eigenvalue weighted by molar-refractivity contribution is -0.144. The topological polar surface area (TPSA) is 57.5 Å². The van der Waals surface area contributed by atoms with E-state index in [1.807, 2.05) is 6.92 Å². The van der Waals surface area contributed by atoms with Gasteiger partial charge in [0.15, 0.2) is 0 Å². The largest absolute Gasteiger partial charge is 0.481 e. The molecule has 18 heavy (non-hydrogen) atoms. The fourth-order valence-electron chi connectivity index (χ4n) is 3.89. The Morgan fingerprint density at radius 1 is 1.44 bits per heavy atom. The maximum absolute atomic E-state index is 11.2. The number of hydrogen-bond donors (Lipinski definition) is 2. The summed E-state index contributed by atoms with van der Waals surface area (Å²) in [6, 6.07) is 0. The number of carboxylic acids is 1. The van der Waals surface area contributed by atoms with Gasteiger partial charge in [0.25, 0.3) is 0 Å². The van der Waals surface area contributed by atoms with Gasteiger partial charge < -0.3 is 10.2 Å². The number of fused-ring (bicyclic) bond motifs is 1. The summed E-state index contributed by atoms with van der Waals surface area (Å²) in [6.45, 7) is 4.25. The zero-order valence-corrected chi connectivity index (χ0v) is 11.3. The summed E-state index contributed by atoms with van der Waals surface area (Å²) in [5.74, 6) is 0.933. The van der Waals surface area contributed by atoms with Crippen molar-refractivity contribution >= 4 is 5.97 Å². The van der Waals surface area contributed by atoms with Gasteiger partial charge in [-0.3, -0.25) is 4.79 Å². The third kappa shape index (κ3) is 2.46. The summed E-state index contributed by atoms with van der Waals surface area (Å²) in [5, 5.41) is 18.5. The molecule has 2 aliphatic rings. The predicted molar refractivity (Wildman–Crippen MR) is 70.1 cm³/mol. The minimum absolute atomic E-state index is 0.131. The van der Waals surface area contributed by atoms with E-state index in [4.69, 9.17) is 0 Å². The maximum Gasteiger partial charge on any atom is 0.306 e. The Labute approximate surface area is 109 Å². The van der Waals surface area contributed by atoms with Crippen LogP contribution in [0, 0.1) is 29.6 Å². The van der Waals surface area contributed by atoms with Crippen LogP contribution < -0.4 is 0 Å². The highest BCUT2D eigenvalue weighted by Crippen LogP contribution is 2.47. The van der Waals surface area contributed by atoms with E-state index in [0.29, 0.717) is 17.8 Å². The standard InChI is InChI=1S/C15H24O3/c1-9-3-5-13(10(2)15(17)18)14-7-11(8-16)4-6-12(9)14/h7,9-10,12-14,16H,3-6,8H2,1-2H3,(H,17,18). The molecule has 5 unspecified atom stereocenters. The first kappa shape index (κ1) is 13.6. The minimum atomic E-state index is -0.683. The summed E-state index contributed by atoms with van der Waals surface area (Å²) < 4.78 is 0. The molecule has 1 fully saturated rings. The van der Waals surface area contributed by atoms with Crippen LogP contribution in [0.3, 0.4) is 0 Å². The van der Waals surface area contributed by atoms with Gasteiger partial charge in [-0.15, -0.1) is 0 Å². The van der Waals surface area contributed by atoms with Crippen molar-refractivity contribution < 1.29 is 15.0 Å². The summed E-state index contributed by atoms with van der Waals surface area (Å²) in [7, 11) is 0. The summed E-state index contributed by atoms with van der Waals surface area (Å²) >= 11 is 0. The second-order valence-corrected chi connectivity index (χ2v) is 6.11. The second kappa shape index (κ2) is 5.43. The van der Waals surface area contributed by atoms with Crippen LogP contribution in [0.2, 0.25) is 0 Å². The Kier molecular flexibility index (Phi) is 4.10. The average Bonchev–Trinajstić information content (AvgIpc) is 2.38. The molecule has 2 N–H and O–H groups in total. The molecular weight excluding hydrogens is 228 g/mol. The van der Waals surface area contributed by atoms with Crippen molar-refractivity contribution in [2.24, 2.45) is 29.6 Å². The van der Waals surface area contributed by atoms with E-state index in [9.17, 15) is 15.0 Å². The zero-order valence-electron chi connectivity index (χ0n) is 11.3. The molecule has 0 amide bonds. The fraction of sp³-hybridized carbons (Fsp3) is 0.800. The van der Waals surface area contributed by atoms with Gasteiger partial charge in [-0.1, -0.05) is 26.3 Å². The average molecular weight is 252 g/mol. The predicted octanol–water partition coefficient (Wildman–Crippen LogP) is 2.70. The quantitative estimate of drug-likeness (QED) is 0.759. The van der Waals surface area contributed by atoms with Crippen LogP contribution in [0.4, 0.5) is 0 Å². The highest BCUT2D eigenvalue weighted by Gasteiger charge is 2.41. The smallest absolute Gasteiger partial charge is 0.306 e. The third-order valence-electron chi connectivity index (χ3n) is 5.14. The van der Waals surface area contributed by atoms with Gasteiger partial charge in [0, 0.05) is 0 Å². The molecule has 2 rings (SSSR count). The van der Waals surface area contributed by atoms with Crippen LogP contribution in [0.15, 0.2) is 11.6 Å². The number of carbonyl (C=O) groups is 1. The van der Waals surface area contributed by atoms with E-state index in [-0.39, 0.29) is 18.4 Å². The van der Waals surface area contributed by atoms with Crippen LogP contribution in [0.25, 0.3) is 0 Å². The number of carboxylic acid groups (broad SMARTS) is 1. The zero-order chi connectivity index (χ0) is 13.3. The molecule has 1 saturated carbocycles. The molecule has 0 aromatic heterocycles. The van der Waals surface area contributed by atoms with Crippen molar-refractivity contribution in [2.45, 2.75) is 39.5 Å². The first-order chi connectivity index (χ1) is 8.54. The molecule has 0 bridgehead atoms. The molecule has 5 atom stereocenters. The van der Waals surface area contributed by atoms with Gasteiger partial charge in [0.05, 0.1) is 12.5 Å². The molecule has 2 aliphatic carbocycles. The SMILES string of the molecule is CC1CCC(C(C)C(=O)O)C2C=C(CO)CCC12. The molecule has 3 heteroatoms. The van der Waals surface area contributed by atoms with Gasteiger partial charge in [-0.25, -0.2) is 0 Å². The Bertz CT molecular complexity index is 348. The van der Waals surface area contributed by atoms with E-state index in [2.05, 4.69) is 13.0 Å². The van der Waals surface area contributed by atoms with Crippen molar-refractivity contribution in [1.82, 2.24) is 0 Å². The van der Waals surface area contributed by atoms with Crippen molar-refractivity contribution in [3.63, 3.8) is 0 Å². The molecule has 0 aromatic rings. The summed E-state index contributed by atoms with van der Waals surface area (Å²) in [6.07, 6.45) is 6.43. The van der Waals surface area contributed by atoms with Crippen LogP contribution in [-0.2, 0) is 4.79 Å². The highest BCUT2D eigenvalue weighted by molar-refractivity contribution is 5.70. The van der Waals surface area contributed by atoms with Crippen molar-refractivity contribution in [3.05, 3.63) is 11.6 Å². The lowest BCUT2D eigenvalue weighted by atomic mass is 9.60. The number of rotatable bonds is 3. The molecule has 0 saturated heterocycles. The minimum Gasteiger partial charge on any atom is -0.481 e. The molecule has 3 nitrogen and oxygen atoms in total. The second-order valence-electron chi connectivity index (χ2n) is 6.11. The molecule has 0 aliphatic heterocycles. The normalized spacial score (nSPS) is 37.6. The molecular formula is C15H24O3. The summed E-state index contributed by atoms with van der Waals surface area (Å²) in [5.41, 5.74) is 1.10. The molecule has 0 radical (unpaired) electrons. The van der Waals surface area contributed by atoms with Crippen molar-refractivity contribution in [3.8, 4) is 0 Å². The van der Waals surface area contributed by atoms with Crippen molar-refractivity contribution in [1.29, 1.82) is 0 Å². The molecule has 102 valence electrons. The Balaban J connectivity index is 2.23. The van der Waals surface area contributed by atoms with Gasteiger partial charge in [-0.05, 0) is 48.5 Å². The lowest BCUT2D eigenvalue weighted by Crippen LogP contribution is -2.39. The number of aliphatic hydroxyl groups is 1. The van der Waals surface area contributed by atoms with Crippen LogP contribution in [0.1, 0.15) is 39.5 Å². The van der Waals surface area contributed by atoms with E-state index in [1.54, 1.807) is 0 Å². The number of hydrogen-bond acceptors (Lipinski definition) is 2. The van der Waals surface area contributed by atoms with Crippen LogP contribution >= 0.6 is 0 Å². The Morgan fingerprint density at radius 2 is 2.17 bits per heavy atom. The van der Waals surface area contributed by atoms with E-state index in [1.165, 1.54) is 0 Å².